The first-order chi connectivity index (χ1) is 6.58. The Kier molecular flexibility index (Phi) is 3.63. The molecule has 4 heteroatoms. The molecule has 14 heavy (non-hydrogen) atoms. The predicted molar refractivity (Wildman–Crippen MR) is 50.3 cm³/mol. The van der Waals surface area contributed by atoms with Crippen molar-refractivity contribution in [1.82, 2.24) is 0 Å². The first kappa shape index (κ1) is 11.2. The molecule has 1 saturated carbocycles. The lowest BCUT2D eigenvalue weighted by atomic mass is 9.82. The van der Waals surface area contributed by atoms with E-state index in [-0.39, 0.29) is 11.8 Å². The van der Waals surface area contributed by atoms with Crippen molar-refractivity contribution in [3.63, 3.8) is 0 Å². The second kappa shape index (κ2) is 4.55. The molecule has 0 aromatic heterocycles. The molecule has 1 aliphatic rings. The lowest BCUT2D eigenvalue weighted by Gasteiger charge is -2.26. The Hall–Kier alpha value is -0.900. The number of ketones is 1. The van der Waals surface area contributed by atoms with E-state index in [1.165, 1.54) is 0 Å². The van der Waals surface area contributed by atoms with Gasteiger partial charge in [0.05, 0.1) is 6.61 Å². The van der Waals surface area contributed by atoms with Crippen LogP contribution in [-0.2, 0) is 14.3 Å². The summed E-state index contributed by atoms with van der Waals surface area (Å²) >= 11 is 0. The van der Waals surface area contributed by atoms with Gasteiger partial charge in [0.2, 0.25) is 0 Å². The minimum absolute atomic E-state index is 0.229. The number of carbonyl (C=O) groups is 2. The van der Waals surface area contributed by atoms with Gasteiger partial charge in [0.15, 0.2) is 5.54 Å². The minimum atomic E-state index is -0.664. The molecule has 1 aliphatic carbocycles. The summed E-state index contributed by atoms with van der Waals surface area (Å²) < 4.78 is 5.06. The first-order valence-electron chi connectivity index (χ1n) is 5.13. The van der Waals surface area contributed by atoms with E-state index in [4.69, 9.17) is 4.74 Å². The Morgan fingerprint density at radius 1 is 1.50 bits per heavy atom. The predicted octanol–water partition coefficient (Wildman–Crippen LogP) is 0.0634. The monoisotopic (exact) mass is 200 g/mol. The molecule has 0 bridgehead atoms. The molecule has 0 aromatic carbocycles. The molecule has 3 N–H and O–H groups in total. The van der Waals surface area contributed by atoms with E-state index < -0.39 is 5.54 Å². The number of hydrogen-bond donors (Lipinski definition) is 1. The van der Waals surface area contributed by atoms with Crippen LogP contribution in [0.3, 0.4) is 0 Å². The normalized spacial score (nSPS) is 20.6. The zero-order chi connectivity index (χ0) is 10.6. The molecule has 80 valence electrons. The van der Waals surface area contributed by atoms with Crippen molar-refractivity contribution in [3.8, 4) is 0 Å². The molecule has 0 aromatic rings. The Morgan fingerprint density at radius 3 is 2.57 bits per heavy atom. The maximum absolute atomic E-state index is 11.6. The molecule has 1 fully saturated rings. The van der Waals surface area contributed by atoms with E-state index in [0.717, 1.165) is 6.42 Å². The molecule has 0 heterocycles. The van der Waals surface area contributed by atoms with E-state index in [1.54, 1.807) is 0 Å². The Labute approximate surface area is 83.8 Å². The Balaban J connectivity index is 2.48. The molecule has 0 spiro atoms. The highest BCUT2D eigenvalue weighted by Gasteiger charge is 2.43. The number of carbonyl (C=O) groups excluding carboxylic acids is 2. The molecular formula is C10H18NO3+. The molecule has 0 atom stereocenters. The van der Waals surface area contributed by atoms with Crippen LogP contribution in [0.1, 0.15) is 39.0 Å². The maximum Gasteiger partial charge on any atom is 0.367 e. The highest BCUT2D eigenvalue weighted by Crippen LogP contribution is 2.23. The number of ether oxygens (including phenoxy) is 1. The fraction of sp³-hybridized carbons (Fsp3) is 0.800. The van der Waals surface area contributed by atoms with Crippen LogP contribution in [0.25, 0.3) is 0 Å². The van der Waals surface area contributed by atoms with Gasteiger partial charge in [0, 0.05) is 25.7 Å². The lowest BCUT2D eigenvalue weighted by molar-refractivity contribution is -0.467. The summed E-state index contributed by atoms with van der Waals surface area (Å²) in [6.45, 7) is 2.40. The van der Waals surface area contributed by atoms with Crippen molar-refractivity contribution < 1.29 is 20.1 Å². The molecule has 0 aliphatic heterocycles. The zero-order valence-electron chi connectivity index (χ0n) is 8.67. The molecular weight excluding hydrogens is 182 g/mol. The standard InChI is InChI=1S/C10H17NO3/c1-2-7-14-9(13)10(11)5-3-8(12)4-6-10/h2-7,11H2,1H3/p+1. The second-order valence-electron chi connectivity index (χ2n) is 3.95. The Bertz CT molecular complexity index is 228. The first-order valence-corrected chi connectivity index (χ1v) is 5.13. The van der Waals surface area contributed by atoms with Crippen molar-refractivity contribution >= 4 is 11.8 Å². The summed E-state index contributed by atoms with van der Waals surface area (Å²) in [5.41, 5.74) is 3.23. The van der Waals surface area contributed by atoms with E-state index in [1.807, 2.05) is 6.92 Å². The highest BCUT2D eigenvalue weighted by molar-refractivity contribution is 5.85. The van der Waals surface area contributed by atoms with Gasteiger partial charge in [-0.15, -0.1) is 0 Å². The third kappa shape index (κ3) is 2.54. The van der Waals surface area contributed by atoms with Crippen molar-refractivity contribution in [2.75, 3.05) is 6.61 Å². The average Bonchev–Trinajstić information content (AvgIpc) is 2.19. The van der Waals surface area contributed by atoms with Crippen LogP contribution in [0, 0.1) is 0 Å². The summed E-state index contributed by atoms with van der Waals surface area (Å²) in [5.74, 6) is -0.0144. The summed E-state index contributed by atoms with van der Waals surface area (Å²) in [7, 11) is 0. The van der Waals surface area contributed by atoms with E-state index in [0.29, 0.717) is 32.3 Å². The molecule has 4 nitrogen and oxygen atoms in total. The van der Waals surface area contributed by atoms with Crippen LogP contribution in [0.2, 0.25) is 0 Å². The summed E-state index contributed by atoms with van der Waals surface area (Å²) in [5, 5.41) is 0. The molecule has 0 unspecified atom stereocenters. The van der Waals surface area contributed by atoms with Crippen molar-refractivity contribution in [2.24, 2.45) is 0 Å². The highest BCUT2D eigenvalue weighted by atomic mass is 16.5. The van der Waals surface area contributed by atoms with Crippen LogP contribution in [-0.4, -0.2) is 23.9 Å². The number of Topliss-reactive ketones (excluding diaryl/α,β-unsaturated/α-hetero) is 1. The van der Waals surface area contributed by atoms with Gasteiger partial charge >= 0.3 is 5.97 Å². The van der Waals surface area contributed by atoms with Crippen LogP contribution in [0.15, 0.2) is 0 Å². The molecule has 1 rings (SSSR count). The van der Waals surface area contributed by atoms with Gasteiger partial charge in [-0.3, -0.25) is 4.79 Å². The van der Waals surface area contributed by atoms with Crippen LogP contribution in [0.5, 0.6) is 0 Å². The summed E-state index contributed by atoms with van der Waals surface area (Å²) in [4.78, 5) is 22.6. The molecule has 0 amide bonds. The van der Waals surface area contributed by atoms with Crippen LogP contribution >= 0.6 is 0 Å². The van der Waals surface area contributed by atoms with Gasteiger partial charge in [-0.05, 0) is 6.42 Å². The van der Waals surface area contributed by atoms with Crippen molar-refractivity contribution in [3.05, 3.63) is 0 Å². The lowest BCUT2D eigenvalue weighted by Crippen LogP contribution is -2.77. The van der Waals surface area contributed by atoms with Crippen molar-refractivity contribution in [2.45, 2.75) is 44.6 Å². The maximum atomic E-state index is 11.6. The Morgan fingerprint density at radius 2 is 2.07 bits per heavy atom. The topological polar surface area (TPSA) is 71.0 Å². The van der Waals surface area contributed by atoms with Gasteiger partial charge in [-0.1, -0.05) is 6.92 Å². The largest absolute Gasteiger partial charge is 0.461 e. The SMILES string of the molecule is CCCOC(=O)C1([NH3+])CCC(=O)CC1. The van der Waals surface area contributed by atoms with Gasteiger partial charge < -0.3 is 10.5 Å². The second-order valence-corrected chi connectivity index (χ2v) is 3.95. The summed E-state index contributed by atoms with van der Waals surface area (Å²) in [6.07, 6.45) is 2.82. The van der Waals surface area contributed by atoms with Gasteiger partial charge in [-0.2, -0.15) is 0 Å². The van der Waals surface area contributed by atoms with E-state index in [9.17, 15) is 9.59 Å². The number of hydrogen-bond acceptors (Lipinski definition) is 3. The van der Waals surface area contributed by atoms with Crippen LogP contribution < -0.4 is 5.73 Å². The number of quaternary nitrogens is 1. The van der Waals surface area contributed by atoms with Gasteiger partial charge in [0.25, 0.3) is 0 Å². The van der Waals surface area contributed by atoms with Gasteiger partial charge in [-0.25, -0.2) is 4.79 Å². The third-order valence-corrected chi connectivity index (χ3v) is 2.64. The van der Waals surface area contributed by atoms with Gasteiger partial charge in [0.1, 0.15) is 5.78 Å². The zero-order valence-corrected chi connectivity index (χ0v) is 8.67. The fourth-order valence-electron chi connectivity index (χ4n) is 1.56. The smallest absolute Gasteiger partial charge is 0.367 e. The van der Waals surface area contributed by atoms with Crippen molar-refractivity contribution in [1.29, 1.82) is 0 Å². The van der Waals surface area contributed by atoms with Crippen LogP contribution in [0.4, 0.5) is 0 Å². The molecule has 0 radical (unpaired) electrons. The van der Waals surface area contributed by atoms with E-state index >= 15 is 0 Å². The number of esters is 1. The number of rotatable bonds is 3. The quantitative estimate of drug-likeness (QED) is 0.655. The average molecular weight is 200 g/mol. The summed E-state index contributed by atoms with van der Waals surface area (Å²) in [6, 6.07) is 0. The fourth-order valence-corrected chi connectivity index (χ4v) is 1.56. The van der Waals surface area contributed by atoms with E-state index in [2.05, 4.69) is 5.73 Å². The molecule has 0 saturated heterocycles. The minimum Gasteiger partial charge on any atom is -0.461 e. The third-order valence-electron chi connectivity index (χ3n) is 2.64.